The molecule has 8 heteroatoms. The highest BCUT2D eigenvalue weighted by Gasteiger charge is 2.38. The zero-order valence-electron chi connectivity index (χ0n) is 16.4. The van der Waals surface area contributed by atoms with E-state index in [0.717, 1.165) is 43.7 Å². The molecule has 154 valence electrons. The fourth-order valence-electron chi connectivity index (χ4n) is 4.62. The third kappa shape index (κ3) is 3.89. The van der Waals surface area contributed by atoms with Crippen LogP contribution in [0.15, 0.2) is 29.4 Å². The second kappa shape index (κ2) is 8.32. The smallest absolute Gasteiger partial charge is 0.339 e. The van der Waals surface area contributed by atoms with Crippen molar-refractivity contribution in [2.24, 2.45) is 16.8 Å². The number of hydrogen-bond donors (Lipinski definition) is 1. The first-order valence-corrected chi connectivity index (χ1v) is 10.3. The van der Waals surface area contributed by atoms with E-state index in [1.165, 1.54) is 6.42 Å². The van der Waals surface area contributed by atoms with Gasteiger partial charge in [0.1, 0.15) is 5.84 Å². The molecule has 2 fully saturated rings. The fraction of sp³-hybridized carbons (Fsp3) is 0.524. The zero-order chi connectivity index (χ0) is 20.4. The Morgan fingerprint density at radius 2 is 1.76 bits per heavy atom. The van der Waals surface area contributed by atoms with Crippen molar-refractivity contribution >= 4 is 23.6 Å². The van der Waals surface area contributed by atoms with Crippen LogP contribution in [0.3, 0.4) is 0 Å². The van der Waals surface area contributed by atoms with Gasteiger partial charge in [-0.05, 0) is 50.9 Å². The molecule has 1 aromatic carbocycles. The summed E-state index contributed by atoms with van der Waals surface area (Å²) in [6.07, 6.45) is 5.27. The molecule has 2 saturated heterocycles. The third-order valence-corrected chi connectivity index (χ3v) is 6.11. The molecule has 3 heterocycles. The van der Waals surface area contributed by atoms with Crippen LogP contribution in [-0.2, 0) is 9.63 Å². The molecule has 0 radical (unpaired) electrons. The van der Waals surface area contributed by atoms with E-state index in [9.17, 15) is 14.4 Å². The number of piperidine rings is 2. The lowest BCUT2D eigenvalue weighted by Crippen LogP contribution is -2.50. The average molecular weight is 398 g/mol. The maximum Gasteiger partial charge on any atom is 0.339 e. The van der Waals surface area contributed by atoms with Crippen LogP contribution in [0.4, 0.5) is 0 Å². The molecule has 3 aliphatic rings. The van der Waals surface area contributed by atoms with Gasteiger partial charge in [0.2, 0.25) is 0 Å². The van der Waals surface area contributed by atoms with E-state index < -0.39 is 0 Å². The summed E-state index contributed by atoms with van der Waals surface area (Å²) in [6, 6.07) is 6.95. The largest absolute Gasteiger partial charge is 0.384 e. The van der Waals surface area contributed by atoms with Gasteiger partial charge in [0.05, 0.1) is 17.0 Å². The van der Waals surface area contributed by atoms with E-state index >= 15 is 0 Å². The number of nitrogens with zero attached hydrogens (tertiary/aromatic N) is 3. The summed E-state index contributed by atoms with van der Waals surface area (Å²) >= 11 is 0. The van der Waals surface area contributed by atoms with Gasteiger partial charge in [-0.3, -0.25) is 19.4 Å². The number of nitrogens with two attached hydrogens (primary N) is 1. The SMILES string of the molecule is NC(CCN1C(=O)c2ccccc2C1=O)=NOC(=O)C1CCCN2CCCCC12. The van der Waals surface area contributed by atoms with Crippen molar-refractivity contribution in [1.82, 2.24) is 9.80 Å². The van der Waals surface area contributed by atoms with E-state index in [4.69, 9.17) is 10.6 Å². The normalized spacial score (nSPS) is 25.0. The van der Waals surface area contributed by atoms with Crippen LogP contribution in [0.5, 0.6) is 0 Å². The molecule has 4 rings (SSSR count). The maximum atomic E-state index is 12.5. The van der Waals surface area contributed by atoms with Crippen molar-refractivity contribution in [3.05, 3.63) is 35.4 Å². The number of amides is 2. The quantitative estimate of drug-likeness (QED) is 0.266. The highest BCUT2D eigenvalue weighted by molar-refractivity contribution is 6.21. The molecule has 0 aromatic heterocycles. The summed E-state index contributed by atoms with van der Waals surface area (Å²) in [4.78, 5) is 45.9. The van der Waals surface area contributed by atoms with Crippen molar-refractivity contribution in [1.29, 1.82) is 0 Å². The number of carbonyl (C=O) groups excluding carboxylic acids is 3. The maximum absolute atomic E-state index is 12.5. The standard InChI is InChI=1S/C21H26N4O4/c22-18(10-13-25-19(26)14-6-1-2-7-15(14)20(25)27)23-29-21(28)16-8-5-12-24-11-4-3-9-17(16)24/h1-2,6-7,16-17H,3-5,8-13H2,(H2,22,23). The first-order valence-electron chi connectivity index (χ1n) is 10.3. The monoisotopic (exact) mass is 398 g/mol. The Morgan fingerprint density at radius 1 is 1.07 bits per heavy atom. The van der Waals surface area contributed by atoms with E-state index in [2.05, 4.69) is 10.1 Å². The van der Waals surface area contributed by atoms with Gasteiger partial charge >= 0.3 is 5.97 Å². The topological polar surface area (TPSA) is 105 Å². The summed E-state index contributed by atoms with van der Waals surface area (Å²) < 4.78 is 0. The minimum Gasteiger partial charge on any atom is -0.384 e. The molecule has 0 saturated carbocycles. The molecule has 0 spiro atoms. The van der Waals surface area contributed by atoms with E-state index in [1.54, 1.807) is 24.3 Å². The number of amidine groups is 1. The Morgan fingerprint density at radius 3 is 2.48 bits per heavy atom. The summed E-state index contributed by atoms with van der Waals surface area (Å²) in [5.74, 6) is -1.10. The highest BCUT2D eigenvalue weighted by atomic mass is 16.7. The zero-order valence-corrected chi connectivity index (χ0v) is 16.4. The highest BCUT2D eigenvalue weighted by Crippen LogP contribution is 2.31. The van der Waals surface area contributed by atoms with E-state index in [1.807, 2.05) is 0 Å². The van der Waals surface area contributed by atoms with Gasteiger partial charge in [-0.25, -0.2) is 4.79 Å². The van der Waals surface area contributed by atoms with Gasteiger partial charge in [0.25, 0.3) is 11.8 Å². The van der Waals surface area contributed by atoms with Crippen molar-refractivity contribution < 1.29 is 19.2 Å². The Hall–Kier alpha value is -2.74. The molecular formula is C21H26N4O4. The van der Waals surface area contributed by atoms with Gasteiger partial charge in [0.15, 0.2) is 0 Å². The van der Waals surface area contributed by atoms with E-state index in [-0.39, 0.29) is 48.5 Å². The van der Waals surface area contributed by atoms with Crippen molar-refractivity contribution in [3.8, 4) is 0 Å². The van der Waals surface area contributed by atoms with Crippen LogP contribution in [0.2, 0.25) is 0 Å². The molecule has 29 heavy (non-hydrogen) atoms. The molecule has 8 nitrogen and oxygen atoms in total. The second-order valence-corrected chi connectivity index (χ2v) is 7.90. The number of oxime groups is 1. The molecule has 1 aromatic rings. The molecule has 3 aliphatic heterocycles. The molecule has 0 bridgehead atoms. The Kier molecular flexibility index (Phi) is 5.62. The third-order valence-electron chi connectivity index (χ3n) is 6.11. The number of imide groups is 1. The minimum atomic E-state index is -0.342. The molecular weight excluding hydrogens is 372 g/mol. The second-order valence-electron chi connectivity index (χ2n) is 7.90. The number of hydrogen-bond acceptors (Lipinski definition) is 6. The van der Waals surface area contributed by atoms with Crippen LogP contribution < -0.4 is 5.73 Å². The molecule has 2 amide bonds. The Bertz CT molecular complexity index is 816. The first kappa shape index (κ1) is 19.6. The number of carbonyl (C=O) groups is 3. The summed E-state index contributed by atoms with van der Waals surface area (Å²) in [5.41, 5.74) is 6.66. The molecule has 2 atom stereocenters. The van der Waals surface area contributed by atoms with Crippen LogP contribution >= 0.6 is 0 Å². The number of rotatable bonds is 5. The van der Waals surface area contributed by atoms with Gasteiger partial charge in [-0.1, -0.05) is 23.7 Å². The predicted octanol–water partition coefficient (Wildman–Crippen LogP) is 1.75. The van der Waals surface area contributed by atoms with Gasteiger partial charge < -0.3 is 10.6 Å². The number of benzene rings is 1. The van der Waals surface area contributed by atoms with Crippen LogP contribution in [-0.4, -0.2) is 59.1 Å². The fourth-order valence-corrected chi connectivity index (χ4v) is 4.62. The van der Waals surface area contributed by atoms with Crippen LogP contribution in [0.25, 0.3) is 0 Å². The summed E-state index contributed by atoms with van der Waals surface area (Å²) in [5, 5.41) is 3.77. The van der Waals surface area contributed by atoms with E-state index in [0.29, 0.717) is 11.1 Å². The number of fused-ring (bicyclic) bond motifs is 2. The van der Waals surface area contributed by atoms with Crippen molar-refractivity contribution in [2.75, 3.05) is 19.6 Å². The summed E-state index contributed by atoms with van der Waals surface area (Å²) in [6.45, 7) is 2.18. The first-order chi connectivity index (χ1) is 14.1. The van der Waals surface area contributed by atoms with Gasteiger partial charge in [0, 0.05) is 19.0 Å². The predicted molar refractivity (Wildman–Crippen MR) is 106 cm³/mol. The van der Waals surface area contributed by atoms with Gasteiger partial charge in [-0.15, -0.1) is 0 Å². The lowest BCUT2D eigenvalue weighted by molar-refractivity contribution is -0.153. The van der Waals surface area contributed by atoms with Crippen molar-refractivity contribution in [3.63, 3.8) is 0 Å². The summed E-state index contributed by atoms with van der Waals surface area (Å²) in [7, 11) is 0. The molecule has 2 unspecified atom stereocenters. The van der Waals surface area contributed by atoms with Crippen LogP contribution in [0.1, 0.15) is 59.2 Å². The Labute approximate surface area is 169 Å². The molecule has 2 N–H and O–H groups in total. The Balaban J connectivity index is 1.31. The van der Waals surface area contributed by atoms with Crippen LogP contribution in [0, 0.1) is 5.92 Å². The lowest BCUT2D eigenvalue weighted by Gasteiger charge is -2.42. The molecule has 0 aliphatic carbocycles. The average Bonchev–Trinajstić information content (AvgIpc) is 3.00. The lowest BCUT2D eigenvalue weighted by atomic mass is 9.84. The van der Waals surface area contributed by atoms with Gasteiger partial charge in [-0.2, -0.15) is 0 Å². The minimum absolute atomic E-state index is 0.0891. The van der Waals surface area contributed by atoms with Crippen molar-refractivity contribution in [2.45, 2.75) is 44.6 Å².